The minimum absolute atomic E-state index is 0.0150. The number of cyclic esters (lactones) is 1. The van der Waals surface area contributed by atoms with Gasteiger partial charge in [-0.2, -0.15) is 0 Å². The number of hydrogen-bond acceptors (Lipinski definition) is 14. The molecule has 4 aliphatic heterocycles. The smallest absolute Gasteiger partial charge is 0.421 e. The van der Waals surface area contributed by atoms with Gasteiger partial charge in [0, 0.05) is 42.2 Å². The molecule has 6 aromatic carbocycles. The van der Waals surface area contributed by atoms with Gasteiger partial charge in [0.2, 0.25) is 11.8 Å². The second-order valence-corrected chi connectivity index (χ2v) is 18.4. The molecule has 0 radical (unpaired) electrons. The highest BCUT2D eigenvalue weighted by Gasteiger charge is 2.76. The number of nitrogens with two attached hydrogens (primary N) is 1. The van der Waals surface area contributed by atoms with E-state index in [0.717, 1.165) is 10.6 Å². The Kier molecular flexibility index (Phi) is 14.5. The van der Waals surface area contributed by atoms with Crippen molar-refractivity contribution in [3.8, 4) is 17.6 Å². The van der Waals surface area contributed by atoms with Crippen LogP contribution in [0.4, 0.5) is 32.3 Å². The number of nitrogens with zero attached hydrogens (tertiary/aromatic N) is 4. The van der Waals surface area contributed by atoms with Gasteiger partial charge in [-0.3, -0.25) is 29.4 Å². The fraction of sp³-hybridized carbons (Fsp3) is 0.246. The maximum absolute atomic E-state index is 16.7. The van der Waals surface area contributed by atoms with E-state index in [4.69, 9.17) is 24.7 Å². The number of carbonyl (C=O) groups is 5. The zero-order valence-electron chi connectivity index (χ0n) is 40.8. The molecule has 6 aromatic rings. The number of hydrogen-bond donors (Lipinski definition) is 4. The molecular weight excluding hydrogens is 975 g/mol. The Hall–Kier alpha value is -9.09. The number of nitrogens with one attached hydrogen (secondary N) is 2. The molecule has 3 saturated heterocycles. The summed E-state index contributed by atoms with van der Waals surface area (Å²) in [6.07, 6.45) is -2.13. The lowest BCUT2D eigenvalue weighted by Crippen LogP contribution is -2.54. The summed E-state index contributed by atoms with van der Waals surface area (Å²) in [4.78, 5) is 90.6. The first-order valence-electron chi connectivity index (χ1n) is 24.5. The van der Waals surface area contributed by atoms with Crippen LogP contribution in [0.15, 0.2) is 152 Å². The molecule has 4 heterocycles. The minimum Gasteiger partial charge on any atom is -0.491 e. The Morgan fingerprint density at radius 3 is 2.17 bits per heavy atom. The van der Waals surface area contributed by atoms with Crippen LogP contribution in [0.1, 0.15) is 51.6 Å². The van der Waals surface area contributed by atoms with Gasteiger partial charge in [0.1, 0.15) is 36.5 Å². The molecule has 19 nitrogen and oxygen atoms in total. The normalized spacial score (nSPS) is 21.6. The molecule has 4 aliphatic rings. The quantitative estimate of drug-likeness (QED) is 0.0420. The van der Waals surface area contributed by atoms with E-state index in [9.17, 15) is 24.8 Å². The van der Waals surface area contributed by atoms with E-state index in [0.29, 0.717) is 65.6 Å². The zero-order chi connectivity index (χ0) is 52.9. The van der Waals surface area contributed by atoms with Crippen LogP contribution >= 0.6 is 0 Å². The van der Waals surface area contributed by atoms with E-state index in [1.54, 1.807) is 48.5 Å². The van der Waals surface area contributed by atoms with E-state index in [1.165, 1.54) is 30.3 Å². The zero-order valence-corrected chi connectivity index (χ0v) is 40.8. The highest BCUT2D eigenvalue weighted by atomic mass is 16.6. The number of nitro benzene ring substituents is 1. The fourth-order valence-corrected chi connectivity index (χ4v) is 10.9. The average molecular weight is 1030 g/mol. The lowest BCUT2D eigenvalue weighted by Gasteiger charge is -2.46. The van der Waals surface area contributed by atoms with Gasteiger partial charge in [0.25, 0.3) is 5.69 Å². The van der Waals surface area contributed by atoms with E-state index < -0.39 is 77.0 Å². The summed E-state index contributed by atoms with van der Waals surface area (Å²) >= 11 is 0. The minimum atomic E-state index is -2.20. The molecule has 0 saturated carbocycles. The molecule has 10 rings (SSSR count). The molecular formula is C57H51N7O12. The Morgan fingerprint density at radius 2 is 1.51 bits per heavy atom. The standard InChI is InChI=1S/C57H51N7O12/c58-55(69)59-27-7-8-36-15-26-46-45(34-36)57(54(68)62(46)56(70)75-35-37-13-20-43(21-14-37)64(71)72)47(52(66)60-41-18-22-42(23-19-41)61-28-31-73-32-29-61)49-53(67)76-50(39-11-5-2-6-12-39)48(38-9-3-1-4-10-38)63(49)51(57)40-16-24-44(25-17-40)74-33-30-65/h1-6,9-26,34,47-51,65H,27-33,35H2,(H,60,66)(H3,58,59,69)/t47-,48-,49-,50+,51+,57-/m1/s1. The summed E-state index contributed by atoms with van der Waals surface area (Å²) in [5.41, 5.74) is 6.85. The Balaban J connectivity index is 1.20. The Bertz CT molecular complexity index is 3220. The maximum atomic E-state index is 16.7. The van der Waals surface area contributed by atoms with Crippen molar-refractivity contribution in [1.82, 2.24) is 10.2 Å². The van der Waals surface area contributed by atoms with Gasteiger partial charge in [-0.25, -0.2) is 14.5 Å². The van der Waals surface area contributed by atoms with E-state index >= 15 is 14.4 Å². The van der Waals surface area contributed by atoms with Crippen molar-refractivity contribution in [2.24, 2.45) is 11.7 Å². The number of ether oxygens (including phenoxy) is 4. The number of amides is 5. The average Bonchev–Trinajstić information content (AvgIpc) is 3.91. The van der Waals surface area contributed by atoms with Crippen LogP contribution in [-0.2, 0) is 40.6 Å². The van der Waals surface area contributed by atoms with E-state index in [-0.39, 0.29) is 36.7 Å². The number of imide groups is 1. The third kappa shape index (κ3) is 9.63. The van der Waals surface area contributed by atoms with Gasteiger partial charge in [-0.1, -0.05) is 84.6 Å². The Labute approximate surface area is 436 Å². The van der Waals surface area contributed by atoms with Crippen LogP contribution in [0.25, 0.3) is 0 Å². The number of primary amides is 1. The first kappa shape index (κ1) is 50.4. The number of aliphatic hydroxyl groups is 1. The van der Waals surface area contributed by atoms with Crippen LogP contribution in [0.5, 0.6) is 5.75 Å². The van der Waals surface area contributed by atoms with Gasteiger partial charge in [0.15, 0.2) is 0 Å². The molecule has 1 spiro atoms. The molecule has 0 unspecified atom stereocenters. The molecule has 19 heteroatoms. The number of carbonyl (C=O) groups excluding carboxylic acids is 5. The molecule has 0 aromatic heterocycles. The number of morpholine rings is 2. The number of esters is 1. The van der Waals surface area contributed by atoms with Crippen LogP contribution in [0, 0.1) is 27.9 Å². The highest BCUT2D eigenvalue weighted by molar-refractivity contribution is 6.24. The summed E-state index contributed by atoms with van der Waals surface area (Å²) < 4.78 is 23.8. The molecule has 0 bridgehead atoms. The van der Waals surface area contributed by atoms with Crippen LogP contribution in [-0.4, -0.2) is 96.9 Å². The highest BCUT2D eigenvalue weighted by Crippen LogP contribution is 2.66. The van der Waals surface area contributed by atoms with Crippen LogP contribution in [0.2, 0.25) is 0 Å². The summed E-state index contributed by atoms with van der Waals surface area (Å²) in [5, 5.41) is 26.6. The number of rotatable bonds is 13. The summed E-state index contributed by atoms with van der Waals surface area (Å²) in [7, 11) is 0. The second-order valence-electron chi connectivity index (χ2n) is 18.4. The first-order chi connectivity index (χ1) is 37.0. The molecule has 5 amide bonds. The lowest BCUT2D eigenvalue weighted by atomic mass is 9.65. The van der Waals surface area contributed by atoms with E-state index in [1.807, 2.05) is 77.7 Å². The van der Waals surface area contributed by atoms with Crippen LogP contribution < -0.4 is 30.9 Å². The van der Waals surface area contributed by atoms with Crippen molar-refractivity contribution >= 4 is 52.7 Å². The first-order valence-corrected chi connectivity index (χ1v) is 24.5. The third-order valence-electron chi connectivity index (χ3n) is 14.1. The number of nitro groups is 1. The monoisotopic (exact) mass is 1030 g/mol. The van der Waals surface area contributed by atoms with Crippen molar-refractivity contribution in [3.05, 3.63) is 195 Å². The molecule has 5 N–H and O–H groups in total. The molecule has 386 valence electrons. The van der Waals surface area contributed by atoms with Gasteiger partial charge >= 0.3 is 18.1 Å². The number of benzene rings is 6. The van der Waals surface area contributed by atoms with Gasteiger partial charge in [-0.15, -0.1) is 0 Å². The predicted octanol–water partition coefficient (Wildman–Crippen LogP) is 6.46. The number of non-ortho nitro benzene ring substituents is 1. The van der Waals surface area contributed by atoms with Crippen molar-refractivity contribution in [2.45, 2.75) is 36.3 Å². The fourth-order valence-electron chi connectivity index (χ4n) is 10.9. The van der Waals surface area contributed by atoms with Crippen molar-refractivity contribution in [1.29, 1.82) is 0 Å². The molecule has 3 fully saturated rings. The number of urea groups is 1. The SMILES string of the molecule is NC(=O)NCC#Cc1ccc2c(c1)[C@]1(C(=O)N2C(=O)OCc2ccc([N+](=O)[O-])cc2)[C@H](c2ccc(OCCO)cc2)N2[C@H](c3ccccc3)[C@H](c3ccccc3)OC(=O)[C@H]2[C@@H]1C(=O)Nc1ccc(N2CCOCC2)cc1. The predicted molar refractivity (Wildman–Crippen MR) is 277 cm³/mol. The largest absolute Gasteiger partial charge is 0.491 e. The van der Waals surface area contributed by atoms with Gasteiger partial charge < -0.3 is 45.3 Å². The third-order valence-corrected chi connectivity index (χ3v) is 14.1. The second kappa shape index (κ2) is 21.8. The summed E-state index contributed by atoms with van der Waals surface area (Å²) in [5.74, 6) is 2.13. The number of aliphatic hydroxyl groups excluding tert-OH is 1. The van der Waals surface area contributed by atoms with Crippen LogP contribution in [0.3, 0.4) is 0 Å². The molecule has 0 aliphatic carbocycles. The maximum Gasteiger partial charge on any atom is 0.421 e. The topological polar surface area (TPSA) is 245 Å². The number of fused-ring (bicyclic) bond motifs is 3. The molecule has 6 atom stereocenters. The Morgan fingerprint density at radius 1 is 0.829 bits per heavy atom. The van der Waals surface area contributed by atoms with Crippen molar-refractivity contribution in [2.75, 3.05) is 61.2 Å². The van der Waals surface area contributed by atoms with Crippen molar-refractivity contribution < 1.29 is 52.9 Å². The van der Waals surface area contributed by atoms with Gasteiger partial charge in [0.05, 0.1) is 55.0 Å². The number of anilines is 3. The summed E-state index contributed by atoms with van der Waals surface area (Å²) in [6.45, 7) is 1.63. The van der Waals surface area contributed by atoms with E-state index in [2.05, 4.69) is 27.4 Å². The van der Waals surface area contributed by atoms with Crippen molar-refractivity contribution in [3.63, 3.8) is 0 Å². The summed E-state index contributed by atoms with van der Waals surface area (Å²) in [6, 6.07) is 38.0. The lowest BCUT2D eigenvalue weighted by molar-refractivity contribution is -0.384. The van der Waals surface area contributed by atoms with Gasteiger partial charge in [-0.05, 0) is 94.5 Å². The molecule has 76 heavy (non-hydrogen) atoms.